The van der Waals surface area contributed by atoms with Crippen molar-refractivity contribution in [1.29, 1.82) is 0 Å². The lowest BCUT2D eigenvalue weighted by Crippen LogP contribution is -1.88. The molecule has 0 aromatic rings. The van der Waals surface area contributed by atoms with Gasteiger partial charge in [0, 0.05) is 6.16 Å². The third kappa shape index (κ3) is 19.9. The van der Waals surface area contributed by atoms with Gasteiger partial charge in [0.25, 0.3) is 0 Å². The third-order valence-electron chi connectivity index (χ3n) is 3.71. The second kappa shape index (κ2) is 14.8. The summed E-state index contributed by atoms with van der Waals surface area (Å²) in [5.74, 6) is 0. The summed E-state index contributed by atoms with van der Waals surface area (Å²) >= 11 is 0. The molecule has 21 heavy (non-hydrogen) atoms. The van der Waals surface area contributed by atoms with Crippen LogP contribution in [0, 0.1) is 0 Å². The maximum Gasteiger partial charge on any atom is 0.325 e. The minimum atomic E-state index is -3.76. The van der Waals surface area contributed by atoms with Crippen molar-refractivity contribution >= 4 is 7.60 Å². The van der Waals surface area contributed by atoms with Crippen molar-refractivity contribution in [1.82, 2.24) is 0 Å². The zero-order chi connectivity index (χ0) is 15.8. The van der Waals surface area contributed by atoms with E-state index in [4.69, 9.17) is 9.79 Å². The molecule has 0 aliphatic carbocycles. The Morgan fingerprint density at radius 2 is 1.14 bits per heavy atom. The standard InChI is InChI=1S/C17H35O3P/c1-2-3-4-5-6-7-8-9-10-11-12-13-14-15-16-17-21(18,19)20/h7-8H,2-6,9-17H2,1H3,(H2,18,19,20). The quantitative estimate of drug-likeness (QED) is 0.227. The largest absolute Gasteiger partial charge is 0.325 e. The van der Waals surface area contributed by atoms with Crippen LogP contribution in [0.2, 0.25) is 0 Å². The average molecular weight is 318 g/mol. The van der Waals surface area contributed by atoms with E-state index in [9.17, 15) is 4.57 Å². The first-order chi connectivity index (χ1) is 10.1. The minimum absolute atomic E-state index is 0.0516. The van der Waals surface area contributed by atoms with Crippen molar-refractivity contribution < 1.29 is 14.4 Å². The molecule has 0 amide bonds. The van der Waals surface area contributed by atoms with Crippen LogP contribution >= 0.6 is 7.60 Å². The van der Waals surface area contributed by atoms with E-state index < -0.39 is 7.60 Å². The van der Waals surface area contributed by atoms with Crippen molar-refractivity contribution in [2.75, 3.05) is 6.16 Å². The smallest absolute Gasteiger partial charge is 0.324 e. The Morgan fingerprint density at radius 3 is 1.62 bits per heavy atom. The van der Waals surface area contributed by atoms with Crippen LogP contribution in [0.4, 0.5) is 0 Å². The SMILES string of the molecule is CCCCCCC=CCCCCCCCCCP(=O)(O)O. The number of allylic oxidation sites excluding steroid dienone is 2. The summed E-state index contributed by atoms with van der Waals surface area (Å²) in [6, 6.07) is 0. The highest BCUT2D eigenvalue weighted by atomic mass is 31.2. The van der Waals surface area contributed by atoms with Gasteiger partial charge in [-0.25, -0.2) is 0 Å². The Hall–Kier alpha value is -0.110. The summed E-state index contributed by atoms with van der Waals surface area (Å²) in [5, 5.41) is 0. The molecule has 0 radical (unpaired) electrons. The molecule has 0 saturated heterocycles. The van der Waals surface area contributed by atoms with Crippen LogP contribution in [-0.4, -0.2) is 15.9 Å². The molecule has 3 nitrogen and oxygen atoms in total. The molecule has 126 valence electrons. The number of hydrogen-bond acceptors (Lipinski definition) is 1. The van der Waals surface area contributed by atoms with Gasteiger partial charge in [0.2, 0.25) is 0 Å². The molecule has 2 N–H and O–H groups in total. The zero-order valence-corrected chi connectivity index (χ0v) is 14.7. The highest BCUT2D eigenvalue weighted by Gasteiger charge is 2.10. The molecule has 0 fully saturated rings. The first-order valence-corrected chi connectivity index (χ1v) is 10.6. The molecular formula is C17H35O3P. The monoisotopic (exact) mass is 318 g/mol. The fraction of sp³-hybridized carbons (Fsp3) is 0.882. The van der Waals surface area contributed by atoms with Gasteiger partial charge in [-0.05, 0) is 32.1 Å². The van der Waals surface area contributed by atoms with Crippen LogP contribution in [0.15, 0.2) is 12.2 Å². The van der Waals surface area contributed by atoms with E-state index in [1.165, 1.54) is 64.2 Å². The first-order valence-electron chi connectivity index (χ1n) is 8.76. The van der Waals surface area contributed by atoms with Crippen LogP contribution in [0.1, 0.15) is 90.4 Å². The van der Waals surface area contributed by atoms with E-state index in [-0.39, 0.29) is 6.16 Å². The summed E-state index contributed by atoms with van der Waals surface area (Å²) in [4.78, 5) is 17.5. The summed E-state index contributed by atoms with van der Waals surface area (Å²) in [6.45, 7) is 2.24. The predicted octanol–water partition coefficient (Wildman–Crippen LogP) is 5.81. The third-order valence-corrected chi connectivity index (χ3v) is 4.61. The van der Waals surface area contributed by atoms with Gasteiger partial charge in [0.05, 0.1) is 0 Å². The summed E-state index contributed by atoms with van der Waals surface area (Å²) in [7, 11) is -3.76. The number of unbranched alkanes of at least 4 members (excludes halogenated alkanes) is 11. The fourth-order valence-electron chi connectivity index (χ4n) is 2.39. The van der Waals surface area contributed by atoms with Crippen LogP contribution < -0.4 is 0 Å². The van der Waals surface area contributed by atoms with Crippen LogP contribution in [0.3, 0.4) is 0 Å². The average Bonchev–Trinajstić information content (AvgIpc) is 2.42. The molecule has 0 aromatic carbocycles. The molecule has 0 aromatic heterocycles. The van der Waals surface area contributed by atoms with Gasteiger partial charge in [-0.15, -0.1) is 0 Å². The lowest BCUT2D eigenvalue weighted by Gasteiger charge is -2.03. The Kier molecular flexibility index (Phi) is 14.7. The number of rotatable bonds is 15. The normalized spacial score (nSPS) is 12.3. The van der Waals surface area contributed by atoms with E-state index in [1.54, 1.807) is 0 Å². The fourth-order valence-corrected chi connectivity index (χ4v) is 3.02. The van der Waals surface area contributed by atoms with Gasteiger partial charge in [-0.3, -0.25) is 4.57 Å². The van der Waals surface area contributed by atoms with Crippen LogP contribution in [-0.2, 0) is 4.57 Å². The van der Waals surface area contributed by atoms with Crippen molar-refractivity contribution in [3.8, 4) is 0 Å². The molecule has 0 unspecified atom stereocenters. The van der Waals surface area contributed by atoms with Crippen LogP contribution in [0.5, 0.6) is 0 Å². The Balaban J connectivity index is 3.12. The maximum atomic E-state index is 10.7. The van der Waals surface area contributed by atoms with E-state index in [2.05, 4.69) is 19.1 Å². The lowest BCUT2D eigenvalue weighted by atomic mass is 10.1. The van der Waals surface area contributed by atoms with Gasteiger partial charge in [-0.2, -0.15) is 0 Å². The van der Waals surface area contributed by atoms with E-state index in [0.717, 1.165) is 12.8 Å². The molecule has 4 heteroatoms. The molecule has 0 aliphatic rings. The maximum absolute atomic E-state index is 10.7. The van der Waals surface area contributed by atoms with Gasteiger partial charge in [0.1, 0.15) is 0 Å². The highest BCUT2D eigenvalue weighted by molar-refractivity contribution is 7.51. The van der Waals surface area contributed by atoms with Gasteiger partial charge in [-0.1, -0.05) is 70.4 Å². The molecule has 0 spiro atoms. The first kappa shape index (κ1) is 20.9. The van der Waals surface area contributed by atoms with E-state index in [0.29, 0.717) is 6.42 Å². The zero-order valence-electron chi connectivity index (χ0n) is 13.8. The number of hydrogen-bond donors (Lipinski definition) is 2. The molecular weight excluding hydrogens is 283 g/mol. The summed E-state index contributed by atoms with van der Waals surface area (Å²) in [6.07, 6.45) is 20.2. The molecule has 0 aliphatic heterocycles. The second-order valence-electron chi connectivity index (χ2n) is 5.97. The van der Waals surface area contributed by atoms with Crippen LogP contribution in [0.25, 0.3) is 0 Å². The van der Waals surface area contributed by atoms with Gasteiger partial charge >= 0.3 is 7.60 Å². The van der Waals surface area contributed by atoms with Crippen molar-refractivity contribution in [3.05, 3.63) is 12.2 Å². The molecule has 0 atom stereocenters. The van der Waals surface area contributed by atoms with Crippen molar-refractivity contribution in [2.45, 2.75) is 90.4 Å². The summed E-state index contributed by atoms with van der Waals surface area (Å²) in [5.41, 5.74) is 0. The van der Waals surface area contributed by atoms with Gasteiger partial charge < -0.3 is 9.79 Å². The van der Waals surface area contributed by atoms with Gasteiger partial charge in [0.15, 0.2) is 0 Å². The molecule has 0 bridgehead atoms. The minimum Gasteiger partial charge on any atom is -0.324 e. The second-order valence-corrected chi connectivity index (χ2v) is 7.75. The Bertz CT molecular complexity index is 284. The molecule has 0 saturated carbocycles. The van der Waals surface area contributed by atoms with Crippen molar-refractivity contribution in [3.63, 3.8) is 0 Å². The highest BCUT2D eigenvalue weighted by Crippen LogP contribution is 2.35. The molecule has 0 rings (SSSR count). The predicted molar refractivity (Wildman–Crippen MR) is 91.7 cm³/mol. The topological polar surface area (TPSA) is 57.5 Å². The lowest BCUT2D eigenvalue weighted by molar-refractivity contribution is 0.370. The van der Waals surface area contributed by atoms with Crippen molar-refractivity contribution in [2.24, 2.45) is 0 Å². The molecule has 0 heterocycles. The van der Waals surface area contributed by atoms with E-state index in [1.807, 2.05) is 0 Å². The summed E-state index contributed by atoms with van der Waals surface area (Å²) < 4.78 is 10.7. The van der Waals surface area contributed by atoms with E-state index >= 15 is 0 Å². The Morgan fingerprint density at radius 1 is 0.714 bits per heavy atom. The Labute approximate surface area is 131 Å².